The Balaban J connectivity index is 2.29. The van der Waals surface area contributed by atoms with Gasteiger partial charge in [-0.15, -0.1) is 0 Å². The molecule has 0 saturated carbocycles. The van der Waals surface area contributed by atoms with E-state index in [4.69, 9.17) is 10.5 Å². The maximum absolute atomic E-state index is 12.2. The molecule has 2 unspecified atom stereocenters. The topological polar surface area (TPSA) is 67.6 Å². The van der Waals surface area contributed by atoms with Gasteiger partial charge in [-0.25, -0.2) is 0 Å². The molecule has 5 heteroatoms. The first-order chi connectivity index (χ1) is 10.6. The second-order valence-electron chi connectivity index (χ2n) is 5.67. The quantitative estimate of drug-likeness (QED) is 0.641. The van der Waals surface area contributed by atoms with E-state index >= 15 is 0 Å². The van der Waals surface area contributed by atoms with E-state index in [1.807, 2.05) is 44.3 Å². The molecule has 0 saturated heterocycles. The van der Waals surface area contributed by atoms with Gasteiger partial charge in [0.15, 0.2) is 0 Å². The number of nitrogens with two attached hydrogens (primary N) is 1. The van der Waals surface area contributed by atoms with Crippen LogP contribution in [0.1, 0.15) is 24.9 Å². The summed E-state index contributed by atoms with van der Waals surface area (Å²) in [5, 5.41) is 2.96. The summed E-state index contributed by atoms with van der Waals surface area (Å²) in [4.78, 5) is 14.4. The minimum absolute atomic E-state index is 0.00152. The van der Waals surface area contributed by atoms with E-state index in [0.29, 0.717) is 6.54 Å². The van der Waals surface area contributed by atoms with Crippen LogP contribution in [-0.4, -0.2) is 51.2 Å². The molecule has 0 aromatic heterocycles. The molecule has 0 aliphatic rings. The highest BCUT2D eigenvalue weighted by molar-refractivity contribution is 5.79. The summed E-state index contributed by atoms with van der Waals surface area (Å²) >= 11 is 0. The van der Waals surface area contributed by atoms with Crippen LogP contribution in [0.4, 0.5) is 0 Å². The van der Waals surface area contributed by atoms with Gasteiger partial charge < -0.3 is 20.7 Å². The van der Waals surface area contributed by atoms with E-state index in [1.165, 1.54) is 0 Å². The summed E-state index contributed by atoms with van der Waals surface area (Å²) in [6.45, 7) is 5.05. The van der Waals surface area contributed by atoms with Crippen molar-refractivity contribution >= 4 is 5.91 Å². The Morgan fingerprint density at radius 2 is 2.00 bits per heavy atom. The molecule has 3 N–H and O–H groups in total. The summed E-state index contributed by atoms with van der Waals surface area (Å²) in [7, 11) is 3.75. The number of hydrogen-bond donors (Lipinski definition) is 2. The smallest absolute Gasteiger partial charge is 0.224 e. The van der Waals surface area contributed by atoms with Gasteiger partial charge in [-0.1, -0.05) is 37.3 Å². The van der Waals surface area contributed by atoms with Gasteiger partial charge in [-0.05, 0) is 19.0 Å². The molecule has 0 aliphatic carbocycles. The number of nitrogens with zero attached hydrogens (tertiary/aromatic N) is 1. The maximum atomic E-state index is 12.2. The van der Waals surface area contributed by atoms with Crippen molar-refractivity contribution in [3.05, 3.63) is 35.9 Å². The van der Waals surface area contributed by atoms with Crippen LogP contribution in [0.2, 0.25) is 0 Å². The van der Waals surface area contributed by atoms with Gasteiger partial charge in [0.25, 0.3) is 0 Å². The Kier molecular flexibility index (Phi) is 8.74. The molecule has 124 valence electrons. The maximum Gasteiger partial charge on any atom is 0.224 e. The zero-order chi connectivity index (χ0) is 16.4. The van der Waals surface area contributed by atoms with Crippen molar-refractivity contribution in [3.8, 4) is 0 Å². The van der Waals surface area contributed by atoms with Gasteiger partial charge in [-0.3, -0.25) is 4.79 Å². The molecule has 0 heterocycles. The Hall–Kier alpha value is -1.43. The number of hydrogen-bond acceptors (Lipinski definition) is 4. The summed E-state index contributed by atoms with van der Waals surface area (Å²) in [6.07, 6.45) is 0.996. The number of likely N-dealkylation sites (N-methyl/N-ethyl adjacent to an activating group) is 1. The number of carbonyl (C=O) groups excluding carboxylic acids is 1. The molecule has 0 fully saturated rings. The minimum atomic E-state index is -0.277. The second-order valence-corrected chi connectivity index (χ2v) is 5.67. The molecule has 0 bridgehead atoms. The van der Waals surface area contributed by atoms with E-state index in [9.17, 15) is 4.79 Å². The van der Waals surface area contributed by atoms with Crippen LogP contribution in [-0.2, 0) is 9.53 Å². The first-order valence-corrected chi connectivity index (χ1v) is 7.82. The fraction of sp³-hybridized carbons (Fsp3) is 0.588. The highest BCUT2D eigenvalue weighted by atomic mass is 16.5. The van der Waals surface area contributed by atoms with Crippen molar-refractivity contribution < 1.29 is 9.53 Å². The van der Waals surface area contributed by atoms with Crippen LogP contribution >= 0.6 is 0 Å². The van der Waals surface area contributed by atoms with E-state index in [2.05, 4.69) is 10.2 Å². The molecule has 0 radical (unpaired) electrons. The summed E-state index contributed by atoms with van der Waals surface area (Å²) < 4.78 is 5.02. The van der Waals surface area contributed by atoms with Crippen LogP contribution in [0.3, 0.4) is 0 Å². The molecule has 2 atom stereocenters. The lowest BCUT2D eigenvalue weighted by Crippen LogP contribution is -2.39. The van der Waals surface area contributed by atoms with Crippen molar-refractivity contribution in [2.45, 2.75) is 19.4 Å². The Bertz CT molecular complexity index is 425. The molecule has 5 nitrogen and oxygen atoms in total. The van der Waals surface area contributed by atoms with Gasteiger partial charge in [0.2, 0.25) is 5.91 Å². The molecular weight excluding hydrogens is 278 g/mol. The van der Waals surface area contributed by atoms with Crippen LogP contribution in [0.5, 0.6) is 0 Å². The van der Waals surface area contributed by atoms with Crippen LogP contribution in [0, 0.1) is 5.92 Å². The van der Waals surface area contributed by atoms with E-state index in [-0.39, 0.29) is 17.9 Å². The minimum Gasteiger partial charge on any atom is -0.385 e. The largest absolute Gasteiger partial charge is 0.385 e. The lowest BCUT2D eigenvalue weighted by Gasteiger charge is -2.21. The highest BCUT2D eigenvalue weighted by Gasteiger charge is 2.21. The molecule has 0 aliphatic heterocycles. The summed E-state index contributed by atoms with van der Waals surface area (Å²) in [5.74, 6) is -0.247. The number of methoxy groups -OCH3 is 1. The first-order valence-electron chi connectivity index (χ1n) is 7.82. The van der Waals surface area contributed by atoms with E-state index < -0.39 is 0 Å². The fourth-order valence-corrected chi connectivity index (χ4v) is 2.25. The van der Waals surface area contributed by atoms with Crippen molar-refractivity contribution in [2.75, 3.05) is 40.4 Å². The predicted octanol–water partition coefficient (Wildman–Crippen LogP) is 1.41. The third-order valence-corrected chi connectivity index (χ3v) is 3.82. The summed E-state index contributed by atoms with van der Waals surface area (Å²) in [6, 6.07) is 9.46. The number of benzene rings is 1. The zero-order valence-electron chi connectivity index (χ0n) is 13.9. The SMILES string of the molecule is COCCCN(C)CCNC(=O)C(C)C(N)c1ccccc1. The lowest BCUT2D eigenvalue weighted by atomic mass is 9.95. The molecule has 1 amide bonds. The van der Waals surface area contributed by atoms with Gasteiger partial charge >= 0.3 is 0 Å². The van der Waals surface area contributed by atoms with Crippen LogP contribution < -0.4 is 11.1 Å². The number of rotatable bonds is 10. The van der Waals surface area contributed by atoms with E-state index in [1.54, 1.807) is 7.11 Å². The van der Waals surface area contributed by atoms with Gasteiger partial charge in [-0.2, -0.15) is 0 Å². The molecule has 1 aromatic carbocycles. The predicted molar refractivity (Wildman–Crippen MR) is 89.5 cm³/mol. The number of ether oxygens (including phenoxy) is 1. The normalized spacial score (nSPS) is 13.9. The molecule has 1 aromatic rings. The number of amides is 1. The third kappa shape index (κ3) is 6.56. The summed E-state index contributed by atoms with van der Waals surface area (Å²) in [5.41, 5.74) is 7.15. The molecule has 1 rings (SSSR count). The van der Waals surface area contributed by atoms with Crippen molar-refractivity contribution in [2.24, 2.45) is 11.7 Å². The van der Waals surface area contributed by atoms with Crippen molar-refractivity contribution in [1.29, 1.82) is 0 Å². The van der Waals surface area contributed by atoms with Crippen molar-refractivity contribution in [3.63, 3.8) is 0 Å². The van der Waals surface area contributed by atoms with E-state index in [0.717, 1.165) is 31.7 Å². The molecule has 0 spiro atoms. The third-order valence-electron chi connectivity index (χ3n) is 3.82. The number of nitrogens with one attached hydrogen (secondary N) is 1. The average Bonchev–Trinajstić information content (AvgIpc) is 2.54. The van der Waals surface area contributed by atoms with Gasteiger partial charge in [0.05, 0.1) is 5.92 Å². The van der Waals surface area contributed by atoms with Crippen LogP contribution in [0.15, 0.2) is 30.3 Å². The first kappa shape index (κ1) is 18.6. The van der Waals surface area contributed by atoms with Gasteiger partial charge in [0.1, 0.15) is 0 Å². The standard InChI is InChI=1S/C17H29N3O2/c1-14(16(18)15-8-5-4-6-9-15)17(21)19-10-12-20(2)11-7-13-22-3/h4-6,8-9,14,16H,7,10-13,18H2,1-3H3,(H,19,21). The molecule has 22 heavy (non-hydrogen) atoms. The molecular formula is C17H29N3O2. The lowest BCUT2D eigenvalue weighted by molar-refractivity contribution is -0.125. The van der Waals surface area contributed by atoms with Crippen LogP contribution in [0.25, 0.3) is 0 Å². The monoisotopic (exact) mass is 307 g/mol. The Labute approximate surface area is 133 Å². The zero-order valence-corrected chi connectivity index (χ0v) is 13.9. The Morgan fingerprint density at radius 3 is 2.64 bits per heavy atom. The van der Waals surface area contributed by atoms with Gasteiger partial charge in [0, 0.05) is 39.4 Å². The number of carbonyl (C=O) groups is 1. The fourth-order valence-electron chi connectivity index (χ4n) is 2.25. The average molecular weight is 307 g/mol. The second kappa shape index (κ2) is 10.3. The highest BCUT2D eigenvalue weighted by Crippen LogP contribution is 2.18. The van der Waals surface area contributed by atoms with Crippen molar-refractivity contribution in [1.82, 2.24) is 10.2 Å². The Morgan fingerprint density at radius 1 is 1.32 bits per heavy atom.